The highest BCUT2D eigenvalue weighted by Gasteiger charge is 2.24. The molecule has 1 amide bonds. The highest BCUT2D eigenvalue weighted by Crippen LogP contribution is 2.28. The first kappa shape index (κ1) is 14.8. The second kappa shape index (κ2) is 5.74. The van der Waals surface area contributed by atoms with Crippen molar-refractivity contribution in [1.82, 2.24) is 4.90 Å². The van der Waals surface area contributed by atoms with Crippen molar-refractivity contribution in [1.29, 1.82) is 0 Å². The molecule has 0 heterocycles. The van der Waals surface area contributed by atoms with E-state index >= 15 is 0 Å². The Morgan fingerprint density at radius 1 is 1.33 bits per heavy atom. The molecule has 0 bridgehead atoms. The summed E-state index contributed by atoms with van der Waals surface area (Å²) in [6, 6.07) is 0. The van der Waals surface area contributed by atoms with Crippen LogP contribution in [0.25, 0.3) is 0 Å². The first-order valence-electron chi connectivity index (χ1n) is 5.52. The Morgan fingerprint density at radius 3 is 2.13 bits per heavy atom. The van der Waals surface area contributed by atoms with Crippen LogP contribution in [0.4, 0.5) is 0 Å². The molecule has 0 aromatic rings. The molecule has 2 atom stereocenters. The lowest BCUT2D eigenvalue weighted by Crippen LogP contribution is -2.34. The average molecular weight is 234 g/mol. The van der Waals surface area contributed by atoms with Gasteiger partial charge in [-0.25, -0.2) is 0 Å². The van der Waals surface area contributed by atoms with Gasteiger partial charge in [0.15, 0.2) is 0 Å². The van der Waals surface area contributed by atoms with Gasteiger partial charge >= 0.3 is 0 Å². The van der Waals surface area contributed by atoms with E-state index in [1.807, 2.05) is 14.0 Å². The second-order valence-electron chi connectivity index (χ2n) is 5.53. The zero-order chi connectivity index (χ0) is 12.2. The van der Waals surface area contributed by atoms with Crippen LogP contribution in [0, 0.1) is 11.3 Å². The van der Waals surface area contributed by atoms with Crippen LogP contribution >= 0.6 is 11.6 Å². The van der Waals surface area contributed by atoms with Gasteiger partial charge in [0.05, 0.1) is 0 Å². The van der Waals surface area contributed by atoms with Gasteiger partial charge in [0.2, 0.25) is 5.91 Å². The van der Waals surface area contributed by atoms with E-state index in [1.54, 1.807) is 4.90 Å². The lowest BCUT2D eigenvalue weighted by molar-refractivity contribution is -0.131. The number of carbonyl (C=O) groups excluding carboxylic acids is 1. The van der Waals surface area contributed by atoms with E-state index in [9.17, 15) is 4.79 Å². The van der Waals surface area contributed by atoms with Crippen LogP contribution in [0.15, 0.2) is 0 Å². The lowest BCUT2D eigenvalue weighted by atomic mass is 9.80. The summed E-state index contributed by atoms with van der Waals surface area (Å²) in [6.07, 6.45) is 0.601. The molecule has 2 unspecified atom stereocenters. The minimum atomic E-state index is 0.0175. The zero-order valence-corrected chi connectivity index (χ0v) is 11.6. The minimum Gasteiger partial charge on any atom is -0.344 e. The van der Waals surface area contributed by atoms with Crippen LogP contribution in [-0.2, 0) is 4.79 Å². The molecule has 0 saturated heterocycles. The van der Waals surface area contributed by atoms with Crippen LogP contribution in [0.3, 0.4) is 0 Å². The third-order valence-electron chi connectivity index (χ3n) is 2.91. The average Bonchev–Trinajstić information content (AvgIpc) is 2.00. The van der Waals surface area contributed by atoms with Crippen molar-refractivity contribution in [2.24, 2.45) is 11.3 Å². The van der Waals surface area contributed by atoms with E-state index in [0.717, 1.165) is 0 Å². The fourth-order valence-electron chi connectivity index (χ4n) is 1.20. The minimum absolute atomic E-state index is 0.0175. The highest BCUT2D eigenvalue weighted by atomic mass is 35.5. The molecule has 0 saturated carbocycles. The predicted octanol–water partition coefficient (Wildman–Crippen LogP) is 3.14. The van der Waals surface area contributed by atoms with Gasteiger partial charge in [0.1, 0.15) is 0 Å². The first-order chi connectivity index (χ1) is 6.64. The Bertz CT molecular complexity index is 208. The molecule has 0 radical (unpaired) electrons. The quantitative estimate of drug-likeness (QED) is 0.684. The number of halogens is 1. The summed E-state index contributed by atoms with van der Waals surface area (Å²) in [5.74, 6) is 0.572. The molecule has 3 heteroatoms. The smallest absolute Gasteiger partial charge is 0.222 e. The first-order valence-corrected chi connectivity index (χ1v) is 5.96. The van der Waals surface area contributed by atoms with Crippen LogP contribution in [-0.4, -0.2) is 29.8 Å². The molecule has 0 aliphatic carbocycles. The van der Waals surface area contributed by atoms with E-state index in [2.05, 4.69) is 27.7 Å². The van der Waals surface area contributed by atoms with Crippen LogP contribution in [0.1, 0.15) is 41.0 Å². The van der Waals surface area contributed by atoms with Gasteiger partial charge in [0, 0.05) is 25.4 Å². The lowest BCUT2D eigenvalue weighted by Gasteiger charge is -2.28. The van der Waals surface area contributed by atoms with Gasteiger partial charge in [-0.05, 0) is 18.3 Å². The molecule has 15 heavy (non-hydrogen) atoms. The van der Waals surface area contributed by atoms with E-state index in [1.165, 1.54) is 0 Å². The van der Waals surface area contributed by atoms with Crippen molar-refractivity contribution in [2.45, 2.75) is 46.4 Å². The monoisotopic (exact) mass is 233 g/mol. The van der Waals surface area contributed by atoms with Gasteiger partial charge in [-0.3, -0.25) is 4.79 Å². The summed E-state index contributed by atoms with van der Waals surface area (Å²) in [5, 5.41) is 0.0175. The molecule has 90 valence electrons. The number of amides is 1. The predicted molar refractivity (Wildman–Crippen MR) is 66.2 cm³/mol. The fraction of sp³-hybridized carbons (Fsp3) is 0.917. The maximum absolute atomic E-state index is 11.8. The maximum Gasteiger partial charge on any atom is 0.222 e. The summed E-state index contributed by atoms with van der Waals surface area (Å²) in [5.41, 5.74) is 0.184. The number of hydrogen-bond donors (Lipinski definition) is 0. The third kappa shape index (κ3) is 6.03. The molecule has 2 nitrogen and oxygen atoms in total. The molecular formula is C12H24ClNO. The van der Waals surface area contributed by atoms with Crippen molar-refractivity contribution >= 4 is 17.5 Å². The van der Waals surface area contributed by atoms with Gasteiger partial charge in [-0.15, -0.1) is 11.6 Å². The number of carbonyl (C=O) groups is 1. The van der Waals surface area contributed by atoms with Gasteiger partial charge in [0.25, 0.3) is 0 Å². The van der Waals surface area contributed by atoms with Crippen molar-refractivity contribution < 1.29 is 4.79 Å². The maximum atomic E-state index is 11.8. The summed E-state index contributed by atoms with van der Waals surface area (Å²) in [6.45, 7) is 11.1. The Hall–Kier alpha value is -0.240. The van der Waals surface area contributed by atoms with Crippen molar-refractivity contribution in [3.05, 3.63) is 0 Å². The molecule has 0 aromatic carbocycles. The van der Waals surface area contributed by atoms with E-state index in [-0.39, 0.29) is 16.7 Å². The standard InChI is InChI=1S/C12H24ClNO/c1-9(12(3,4)5)7-11(15)14(6)8-10(2)13/h9-10H,7-8H2,1-6H3. The summed E-state index contributed by atoms with van der Waals surface area (Å²) in [4.78, 5) is 13.5. The third-order valence-corrected chi connectivity index (χ3v) is 3.05. The van der Waals surface area contributed by atoms with Crippen LogP contribution in [0.5, 0.6) is 0 Å². The van der Waals surface area contributed by atoms with Crippen molar-refractivity contribution in [3.8, 4) is 0 Å². The number of nitrogens with zero attached hydrogens (tertiary/aromatic N) is 1. The SMILES string of the molecule is CC(Cl)CN(C)C(=O)CC(C)C(C)(C)C. The number of rotatable bonds is 4. The van der Waals surface area contributed by atoms with Gasteiger partial charge < -0.3 is 4.90 Å². The summed E-state index contributed by atoms with van der Waals surface area (Å²) < 4.78 is 0. The fourth-order valence-corrected chi connectivity index (χ4v) is 1.41. The Labute approximate surface area is 99.0 Å². The van der Waals surface area contributed by atoms with E-state index in [0.29, 0.717) is 18.9 Å². The van der Waals surface area contributed by atoms with Gasteiger partial charge in [-0.2, -0.15) is 0 Å². The van der Waals surface area contributed by atoms with Crippen molar-refractivity contribution in [3.63, 3.8) is 0 Å². The Balaban J connectivity index is 4.14. The number of hydrogen-bond acceptors (Lipinski definition) is 1. The van der Waals surface area contributed by atoms with Crippen LogP contribution in [0.2, 0.25) is 0 Å². The molecule has 0 aliphatic heterocycles. The van der Waals surface area contributed by atoms with E-state index < -0.39 is 0 Å². The normalized spacial score (nSPS) is 15.9. The largest absolute Gasteiger partial charge is 0.344 e. The second-order valence-corrected chi connectivity index (χ2v) is 6.27. The zero-order valence-electron chi connectivity index (χ0n) is 10.8. The van der Waals surface area contributed by atoms with Crippen LogP contribution < -0.4 is 0 Å². The summed E-state index contributed by atoms with van der Waals surface area (Å²) >= 11 is 5.85. The molecule has 0 fully saturated rings. The Morgan fingerprint density at radius 2 is 1.80 bits per heavy atom. The van der Waals surface area contributed by atoms with Crippen molar-refractivity contribution in [2.75, 3.05) is 13.6 Å². The summed E-state index contributed by atoms with van der Waals surface area (Å²) in [7, 11) is 1.82. The molecule has 0 rings (SSSR count). The highest BCUT2D eigenvalue weighted by molar-refractivity contribution is 6.20. The molecule has 0 spiro atoms. The molecule has 0 N–H and O–H groups in total. The molecular weight excluding hydrogens is 210 g/mol. The Kier molecular flexibility index (Phi) is 5.65. The molecule has 0 aromatic heterocycles. The van der Waals surface area contributed by atoms with E-state index in [4.69, 9.17) is 11.6 Å². The van der Waals surface area contributed by atoms with Gasteiger partial charge in [-0.1, -0.05) is 27.7 Å². The number of alkyl halides is 1. The molecule has 0 aliphatic rings. The topological polar surface area (TPSA) is 20.3 Å².